The number of aromatic nitrogens is 3. The Morgan fingerprint density at radius 3 is 2.91 bits per heavy atom. The molecule has 0 amide bonds. The van der Waals surface area contributed by atoms with Gasteiger partial charge in [0.15, 0.2) is 0 Å². The molecule has 120 valence electrons. The largest absolute Gasteiger partial charge is 0.384 e. The number of halogens is 1. The van der Waals surface area contributed by atoms with E-state index in [2.05, 4.69) is 20.9 Å². The van der Waals surface area contributed by atoms with Crippen molar-refractivity contribution in [3.8, 4) is 0 Å². The molecule has 0 bridgehead atoms. The molecule has 4 rings (SSSR count). The van der Waals surface area contributed by atoms with Gasteiger partial charge in [-0.2, -0.15) is 0 Å². The maximum Gasteiger partial charge on any atom is 0.329 e. The van der Waals surface area contributed by atoms with Crippen LogP contribution in [0.15, 0.2) is 33.7 Å². The van der Waals surface area contributed by atoms with Crippen LogP contribution < -0.4 is 5.69 Å². The molecule has 23 heavy (non-hydrogen) atoms. The summed E-state index contributed by atoms with van der Waals surface area (Å²) >= 11 is 3.53. The minimum Gasteiger partial charge on any atom is -0.384 e. The van der Waals surface area contributed by atoms with Crippen molar-refractivity contribution >= 4 is 37.9 Å². The summed E-state index contributed by atoms with van der Waals surface area (Å²) < 4.78 is 9.88. The number of rotatable bonds is 3. The van der Waals surface area contributed by atoms with Crippen molar-refractivity contribution in [2.24, 2.45) is 13.0 Å². The van der Waals surface area contributed by atoms with Gasteiger partial charge in [0.25, 0.3) is 0 Å². The first-order valence-corrected chi connectivity index (χ1v) is 8.53. The summed E-state index contributed by atoms with van der Waals surface area (Å²) in [6.45, 7) is 0.768. The van der Waals surface area contributed by atoms with Crippen LogP contribution in [0, 0.1) is 5.92 Å². The van der Waals surface area contributed by atoms with Gasteiger partial charge in [-0.25, -0.2) is 4.79 Å². The Labute approximate surface area is 142 Å². The van der Waals surface area contributed by atoms with Crippen molar-refractivity contribution in [1.82, 2.24) is 14.1 Å². The van der Waals surface area contributed by atoms with Gasteiger partial charge in [-0.3, -0.25) is 14.1 Å². The number of aryl methyl sites for hydroxylation is 1. The highest BCUT2D eigenvalue weighted by atomic mass is 79.9. The summed E-state index contributed by atoms with van der Waals surface area (Å²) in [5.41, 5.74) is 2.82. The number of hydrogen-bond acceptors (Lipinski definition) is 3. The number of imidazole rings is 1. The molecular formula is C17H18BrN3O2. The predicted molar refractivity (Wildman–Crippen MR) is 93.8 cm³/mol. The van der Waals surface area contributed by atoms with Crippen molar-refractivity contribution in [1.29, 1.82) is 0 Å². The fourth-order valence-corrected chi connectivity index (χ4v) is 3.98. The third kappa shape index (κ3) is 2.23. The highest BCUT2D eigenvalue weighted by Gasteiger charge is 2.33. The van der Waals surface area contributed by atoms with Crippen LogP contribution in [0.25, 0.3) is 21.9 Å². The molecule has 6 heteroatoms. The number of nitrogens with zero attached hydrogens (tertiary/aromatic N) is 3. The summed E-state index contributed by atoms with van der Waals surface area (Å²) in [5, 5.41) is 1.02. The van der Waals surface area contributed by atoms with Crippen molar-refractivity contribution in [3.63, 3.8) is 0 Å². The molecule has 1 aliphatic carbocycles. The minimum absolute atomic E-state index is 0.0372. The van der Waals surface area contributed by atoms with E-state index in [1.807, 2.05) is 29.8 Å². The molecule has 0 radical (unpaired) electrons. The van der Waals surface area contributed by atoms with Gasteiger partial charge in [-0.15, -0.1) is 0 Å². The van der Waals surface area contributed by atoms with Crippen molar-refractivity contribution in [3.05, 3.63) is 39.4 Å². The first-order valence-electron chi connectivity index (χ1n) is 7.74. The summed E-state index contributed by atoms with van der Waals surface area (Å²) in [5.74, 6) is 0.548. The molecule has 3 aromatic rings. The van der Waals surface area contributed by atoms with E-state index in [-0.39, 0.29) is 11.7 Å². The third-order valence-corrected chi connectivity index (χ3v) is 5.35. The van der Waals surface area contributed by atoms with Crippen LogP contribution in [0.4, 0.5) is 0 Å². The highest BCUT2D eigenvalue weighted by Crippen LogP contribution is 2.39. The quantitative estimate of drug-likeness (QED) is 0.705. The summed E-state index contributed by atoms with van der Waals surface area (Å²) in [4.78, 5) is 17.3. The van der Waals surface area contributed by atoms with Gasteiger partial charge in [0.05, 0.1) is 22.7 Å². The van der Waals surface area contributed by atoms with Crippen LogP contribution in [0.1, 0.15) is 18.9 Å². The van der Waals surface area contributed by atoms with Crippen molar-refractivity contribution < 1.29 is 4.74 Å². The lowest BCUT2D eigenvalue weighted by Crippen LogP contribution is -2.35. The van der Waals surface area contributed by atoms with E-state index < -0.39 is 0 Å². The summed E-state index contributed by atoms with van der Waals surface area (Å²) in [7, 11) is 3.55. The van der Waals surface area contributed by atoms with E-state index in [4.69, 9.17) is 4.74 Å². The average Bonchev–Trinajstić information content (AvgIpc) is 2.75. The molecular weight excluding hydrogens is 358 g/mol. The van der Waals surface area contributed by atoms with E-state index in [0.717, 1.165) is 45.9 Å². The molecule has 0 spiro atoms. The molecule has 1 saturated carbocycles. The SMILES string of the molecule is COC[C@H]1C[C@@H](n2c(=O)n(C)c3cnc4ccc(Br)cc4c32)C1. The maximum absolute atomic E-state index is 12.8. The lowest BCUT2D eigenvalue weighted by Gasteiger charge is -2.35. The molecule has 1 aromatic carbocycles. The van der Waals surface area contributed by atoms with Crippen LogP contribution in [-0.4, -0.2) is 27.8 Å². The monoisotopic (exact) mass is 375 g/mol. The van der Waals surface area contributed by atoms with Gasteiger partial charge in [0, 0.05) is 36.7 Å². The number of benzene rings is 1. The van der Waals surface area contributed by atoms with Crippen LogP contribution in [-0.2, 0) is 11.8 Å². The lowest BCUT2D eigenvalue weighted by molar-refractivity contribution is 0.0778. The molecule has 1 fully saturated rings. The predicted octanol–water partition coefficient (Wildman–Crippen LogP) is 3.25. The van der Waals surface area contributed by atoms with E-state index in [1.54, 1.807) is 17.9 Å². The Morgan fingerprint density at radius 1 is 1.39 bits per heavy atom. The van der Waals surface area contributed by atoms with E-state index in [1.165, 1.54) is 0 Å². The number of pyridine rings is 1. The average molecular weight is 376 g/mol. The molecule has 0 saturated heterocycles. The second-order valence-corrected chi connectivity index (χ2v) is 7.23. The first-order chi connectivity index (χ1) is 11.1. The Bertz CT molecular complexity index is 954. The molecule has 2 heterocycles. The minimum atomic E-state index is 0.0372. The van der Waals surface area contributed by atoms with E-state index in [0.29, 0.717) is 5.92 Å². The highest BCUT2D eigenvalue weighted by molar-refractivity contribution is 9.10. The zero-order chi connectivity index (χ0) is 16.1. The second kappa shape index (κ2) is 5.46. The van der Waals surface area contributed by atoms with Crippen LogP contribution >= 0.6 is 15.9 Å². The smallest absolute Gasteiger partial charge is 0.329 e. The second-order valence-electron chi connectivity index (χ2n) is 6.31. The topological polar surface area (TPSA) is 49.0 Å². The normalized spacial score (nSPS) is 21.0. The molecule has 5 nitrogen and oxygen atoms in total. The maximum atomic E-state index is 12.8. The fourth-order valence-electron chi connectivity index (χ4n) is 3.62. The van der Waals surface area contributed by atoms with Crippen molar-refractivity contribution in [2.75, 3.05) is 13.7 Å². The Morgan fingerprint density at radius 2 is 2.17 bits per heavy atom. The molecule has 0 aliphatic heterocycles. The van der Waals surface area contributed by atoms with E-state index in [9.17, 15) is 4.79 Å². The fraction of sp³-hybridized carbons (Fsp3) is 0.412. The summed E-state index contributed by atoms with van der Waals surface area (Å²) in [6.07, 6.45) is 3.78. The lowest BCUT2D eigenvalue weighted by atomic mass is 9.80. The molecule has 1 aliphatic rings. The zero-order valence-corrected chi connectivity index (χ0v) is 14.7. The number of fused-ring (bicyclic) bond motifs is 3. The summed E-state index contributed by atoms with van der Waals surface area (Å²) in [6, 6.07) is 6.25. The van der Waals surface area contributed by atoms with Gasteiger partial charge in [-0.05, 0) is 37.0 Å². The van der Waals surface area contributed by atoms with Gasteiger partial charge in [0.2, 0.25) is 0 Å². The van der Waals surface area contributed by atoms with Crippen LogP contribution in [0.5, 0.6) is 0 Å². The first kappa shape index (κ1) is 14.9. The number of ether oxygens (including phenoxy) is 1. The molecule has 2 aromatic heterocycles. The molecule has 0 unspecified atom stereocenters. The van der Waals surface area contributed by atoms with Gasteiger partial charge in [0.1, 0.15) is 0 Å². The van der Waals surface area contributed by atoms with Crippen molar-refractivity contribution in [2.45, 2.75) is 18.9 Å². The Balaban J connectivity index is 1.94. The third-order valence-electron chi connectivity index (χ3n) is 4.86. The van der Waals surface area contributed by atoms with Crippen LogP contribution in [0.3, 0.4) is 0 Å². The van der Waals surface area contributed by atoms with Crippen LogP contribution in [0.2, 0.25) is 0 Å². The van der Waals surface area contributed by atoms with Gasteiger partial charge < -0.3 is 4.74 Å². The van der Waals surface area contributed by atoms with Gasteiger partial charge >= 0.3 is 5.69 Å². The van der Waals surface area contributed by atoms with Gasteiger partial charge in [-0.1, -0.05) is 15.9 Å². The Hall–Kier alpha value is -1.66. The number of hydrogen-bond donors (Lipinski definition) is 0. The molecule has 0 atom stereocenters. The Kier molecular flexibility index (Phi) is 3.54. The van der Waals surface area contributed by atoms with E-state index >= 15 is 0 Å². The zero-order valence-electron chi connectivity index (χ0n) is 13.1. The molecule has 0 N–H and O–H groups in total. The number of methoxy groups -OCH3 is 1. The standard InChI is InChI=1S/C17H18BrN3O2/c1-20-15-8-19-14-4-3-11(18)7-13(14)16(15)21(17(20)22)12-5-10(6-12)9-23-2/h3-4,7-8,10,12H,5-6,9H2,1-2H3/t10-,12+.